The summed E-state index contributed by atoms with van der Waals surface area (Å²) in [6.45, 7) is 3.74. The number of benzene rings is 2. The molecule has 0 atom stereocenters. The first kappa shape index (κ1) is 23.3. The summed E-state index contributed by atoms with van der Waals surface area (Å²) in [5, 5.41) is 8.01. The predicted molar refractivity (Wildman–Crippen MR) is 123 cm³/mol. The van der Waals surface area contributed by atoms with Crippen molar-refractivity contribution in [2.45, 2.75) is 25.3 Å². The molecule has 1 aromatic heterocycles. The zero-order valence-corrected chi connectivity index (χ0v) is 19.8. The molecule has 0 bridgehead atoms. The Hall–Kier alpha value is -2.39. The topological polar surface area (TPSA) is 84.3 Å². The van der Waals surface area contributed by atoms with Gasteiger partial charge in [-0.2, -0.15) is 5.10 Å². The van der Waals surface area contributed by atoms with Crippen molar-refractivity contribution in [3.8, 4) is 0 Å². The van der Waals surface area contributed by atoms with E-state index < -0.39 is 15.9 Å². The van der Waals surface area contributed by atoms with Crippen molar-refractivity contribution in [1.82, 2.24) is 14.1 Å². The number of nitrogens with zero attached hydrogens (tertiary/aromatic N) is 3. The Kier molecular flexibility index (Phi) is 6.76. The number of anilines is 1. The van der Waals surface area contributed by atoms with Gasteiger partial charge in [0.1, 0.15) is 5.82 Å². The zero-order chi connectivity index (χ0) is 22.9. The fourth-order valence-electron chi connectivity index (χ4n) is 3.01. The molecule has 0 spiro atoms. The third-order valence-corrected chi connectivity index (χ3v) is 7.62. The molecule has 31 heavy (non-hydrogen) atoms. The first-order valence-corrected chi connectivity index (χ1v) is 11.5. The number of aryl methyl sites for hydroxylation is 1. The Bertz CT molecular complexity index is 1230. The monoisotopic (exact) mass is 480 g/mol. The van der Waals surface area contributed by atoms with Gasteiger partial charge in [-0.25, -0.2) is 17.4 Å². The van der Waals surface area contributed by atoms with Gasteiger partial charge < -0.3 is 5.32 Å². The molecule has 3 aromatic rings. The minimum atomic E-state index is -3.70. The molecular formula is C21H22Cl2N4O3S. The van der Waals surface area contributed by atoms with Crippen molar-refractivity contribution >= 4 is 45.0 Å². The summed E-state index contributed by atoms with van der Waals surface area (Å²) in [6.07, 6.45) is 1.54. The molecule has 10 heteroatoms. The van der Waals surface area contributed by atoms with E-state index in [0.29, 0.717) is 32.6 Å². The second kappa shape index (κ2) is 9.00. The van der Waals surface area contributed by atoms with Gasteiger partial charge in [0.25, 0.3) is 5.91 Å². The van der Waals surface area contributed by atoms with Gasteiger partial charge in [-0.1, -0.05) is 29.3 Å². The number of amides is 1. The van der Waals surface area contributed by atoms with Gasteiger partial charge in [-0.15, -0.1) is 0 Å². The summed E-state index contributed by atoms with van der Waals surface area (Å²) in [7, 11) is -0.793. The van der Waals surface area contributed by atoms with E-state index in [9.17, 15) is 13.2 Å². The van der Waals surface area contributed by atoms with Crippen molar-refractivity contribution in [2.75, 3.05) is 19.4 Å². The van der Waals surface area contributed by atoms with E-state index in [2.05, 4.69) is 10.4 Å². The first-order chi connectivity index (χ1) is 14.5. The number of carbonyl (C=O) groups is 1. The van der Waals surface area contributed by atoms with E-state index in [0.717, 1.165) is 4.31 Å². The van der Waals surface area contributed by atoms with E-state index >= 15 is 0 Å². The third kappa shape index (κ3) is 4.77. The van der Waals surface area contributed by atoms with Crippen LogP contribution < -0.4 is 5.32 Å². The molecule has 0 unspecified atom stereocenters. The Morgan fingerprint density at radius 3 is 2.39 bits per heavy atom. The number of nitrogens with one attached hydrogen (secondary N) is 1. The van der Waals surface area contributed by atoms with Crippen LogP contribution in [0.2, 0.25) is 10.0 Å². The van der Waals surface area contributed by atoms with E-state index in [1.54, 1.807) is 55.1 Å². The standard InChI is InChI=1S/C21H22Cl2N4O3S/c1-13-10-15(11-19(14(13)2)31(29,30)26(3)4)21(28)25-20-8-9-24-27(20)12-16-17(22)6-5-7-18(16)23/h5-11H,12H2,1-4H3,(H,25,28). The van der Waals surface area contributed by atoms with Crippen LogP contribution in [-0.2, 0) is 16.6 Å². The summed E-state index contributed by atoms with van der Waals surface area (Å²) in [5.41, 5.74) is 2.20. The Morgan fingerprint density at radius 2 is 1.77 bits per heavy atom. The summed E-state index contributed by atoms with van der Waals surface area (Å²) >= 11 is 12.5. The minimum Gasteiger partial charge on any atom is -0.307 e. The Labute approximate surface area is 191 Å². The smallest absolute Gasteiger partial charge is 0.256 e. The molecule has 7 nitrogen and oxygen atoms in total. The first-order valence-electron chi connectivity index (χ1n) is 9.32. The zero-order valence-electron chi connectivity index (χ0n) is 17.5. The number of rotatable bonds is 6. The number of sulfonamides is 1. The van der Waals surface area contributed by atoms with Gasteiger partial charge in [0.2, 0.25) is 10.0 Å². The number of halogens is 2. The average Bonchev–Trinajstić information content (AvgIpc) is 3.13. The van der Waals surface area contributed by atoms with E-state index in [1.165, 1.54) is 20.2 Å². The third-order valence-electron chi connectivity index (χ3n) is 4.97. The summed E-state index contributed by atoms with van der Waals surface area (Å²) in [4.78, 5) is 13.0. The highest BCUT2D eigenvalue weighted by atomic mass is 35.5. The number of hydrogen-bond donors (Lipinski definition) is 1. The number of aromatic nitrogens is 2. The lowest BCUT2D eigenvalue weighted by Crippen LogP contribution is -2.24. The van der Waals surface area contributed by atoms with Crippen LogP contribution in [0.1, 0.15) is 27.0 Å². The molecule has 0 radical (unpaired) electrons. The summed E-state index contributed by atoms with van der Waals surface area (Å²) in [6, 6.07) is 9.89. The van der Waals surface area contributed by atoms with Crippen molar-refractivity contribution in [3.63, 3.8) is 0 Å². The summed E-state index contributed by atoms with van der Waals surface area (Å²) in [5.74, 6) is -0.0263. The Balaban J connectivity index is 1.92. The summed E-state index contributed by atoms with van der Waals surface area (Å²) < 4.78 is 28.0. The lowest BCUT2D eigenvalue weighted by Gasteiger charge is -2.17. The number of carbonyl (C=O) groups excluding carboxylic acids is 1. The van der Waals surface area contributed by atoms with Crippen molar-refractivity contribution in [1.29, 1.82) is 0 Å². The van der Waals surface area contributed by atoms with E-state index in [4.69, 9.17) is 23.2 Å². The molecule has 0 saturated heterocycles. The molecule has 164 valence electrons. The van der Waals surface area contributed by atoms with Crippen LogP contribution in [-0.4, -0.2) is 42.5 Å². The fourth-order valence-corrected chi connectivity index (χ4v) is 4.74. The van der Waals surface area contributed by atoms with Crippen molar-refractivity contribution < 1.29 is 13.2 Å². The maximum absolute atomic E-state index is 13.0. The van der Waals surface area contributed by atoms with Crippen LogP contribution in [0.15, 0.2) is 47.5 Å². The molecule has 0 aliphatic heterocycles. The average molecular weight is 481 g/mol. The highest BCUT2D eigenvalue weighted by Gasteiger charge is 2.23. The molecule has 0 saturated carbocycles. The van der Waals surface area contributed by atoms with Crippen LogP contribution in [0.25, 0.3) is 0 Å². The van der Waals surface area contributed by atoms with Crippen molar-refractivity contribution in [2.24, 2.45) is 0 Å². The van der Waals surface area contributed by atoms with Crippen LogP contribution in [0, 0.1) is 13.8 Å². The van der Waals surface area contributed by atoms with Crippen LogP contribution in [0.3, 0.4) is 0 Å². The van der Waals surface area contributed by atoms with Crippen LogP contribution in [0.4, 0.5) is 5.82 Å². The molecule has 0 aliphatic rings. The van der Waals surface area contributed by atoms with Gasteiger partial charge >= 0.3 is 0 Å². The maximum atomic E-state index is 13.0. The SMILES string of the molecule is Cc1cc(C(=O)Nc2ccnn2Cc2c(Cl)cccc2Cl)cc(S(=O)(=O)N(C)C)c1C. The maximum Gasteiger partial charge on any atom is 0.256 e. The number of hydrogen-bond acceptors (Lipinski definition) is 4. The normalized spacial score (nSPS) is 11.7. The second-order valence-corrected chi connectivity index (χ2v) is 10.2. The molecule has 3 rings (SSSR count). The van der Waals surface area contributed by atoms with Gasteiger partial charge in [0.15, 0.2) is 0 Å². The minimum absolute atomic E-state index is 0.0963. The van der Waals surface area contributed by atoms with E-state index in [-0.39, 0.29) is 17.0 Å². The molecule has 0 fully saturated rings. The van der Waals surface area contributed by atoms with Crippen LogP contribution >= 0.6 is 23.2 Å². The van der Waals surface area contributed by atoms with Crippen LogP contribution in [0.5, 0.6) is 0 Å². The predicted octanol–water partition coefficient (Wildman–Crippen LogP) is 4.36. The quantitative estimate of drug-likeness (QED) is 0.567. The molecule has 1 amide bonds. The molecule has 2 aromatic carbocycles. The van der Waals surface area contributed by atoms with E-state index in [1.807, 2.05) is 0 Å². The molecule has 0 aliphatic carbocycles. The lowest BCUT2D eigenvalue weighted by atomic mass is 10.1. The molecule has 1 N–H and O–H groups in total. The second-order valence-electron chi connectivity index (χ2n) is 7.23. The fraction of sp³-hybridized carbons (Fsp3) is 0.238. The van der Waals surface area contributed by atoms with Gasteiger partial charge in [-0.05, 0) is 49.2 Å². The lowest BCUT2D eigenvalue weighted by molar-refractivity contribution is 0.102. The highest BCUT2D eigenvalue weighted by molar-refractivity contribution is 7.89. The Morgan fingerprint density at radius 1 is 1.13 bits per heavy atom. The van der Waals surface area contributed by atoms with Gasteiger partial charge in [-0.3, -0.25) is 4.79 Å². The molecular weight excluding hydrogens is 459 g/mol. The largest absolute Gasteiger partial charge is 0.307 e. The molecule has 1 heterocycles. The van der Waals surface area contributed by atoms with Gasteiger partial charge in [0, 0.05) is 41.3 Å². The highest BCUT2D eigenvalue weighted by Crippen LogP contribution is 2.27. The van der Waals surface area contributed by atoms with Crippen molar-refractivity contribution in [3.05, 3.63) is 74.9 Å². The van der Waals surface area contributed by atoms with Gasteiger partial charge in [0.05, 0.1) is 17.6 Å².